The molecule has 8 nitrogen and oxygen atoms in total. The summed E-state index contributed by atoms with van der Waals surface area (Å²) in [5.74, 6) is -0.178. The van der Waals surface area contributed by atoms with Gasteiger partial charge in [0.15, 0.2) is 6.61 Å². The predicted molar refractivity (Wildman–Crippen MR) is 104 cm³/mol. The van der Waals surface area contributed by atoms with Crippen LogP contribution in [0.15, 0.2) is 53.1 Å². The van der Waals surface area contributed by atoms with Crippen molar-refractivity contribution in [3.8, 4) is 17.1 Å². The van der Waals surface area contributed by atoms with Gasteiger partial charge >= 0.3 is 5.97 Å². The van der Waals surface area contributed by atoms with Gasteiger partial charge in [0, 0.05) is 10.6 Å². The van der Waals surface area contributed by atoms with Crippen molar-refractivity contribution >= 4 is 23.5 Å². The third-order valence-corrected chi connectivity index (χ3v) is 3.97. The Labute approximate surface area is 171 Å². The van der Waals surface area contributed by atoms with Crippen LogP contribution in [-0.4, -0.2) is 35.2 Å². The Morgan fingerprint density at radius 3 is 2.79 bits per heavy atom. The summed E-state index contributed by atoms with van der Waals surface area (Å²) in [5, 5.41) is 6.87. The van der Waals surface area contributed by atoms with Gasteiger partial charge in [0.2, 0.25) is 5.82 Å². The van der Waals surface area contributed by atoms with E-state index < -0.39 is 11.9 Å². The number of halogens is 1. The molecule has 0 atom stereocenters. The van der Waals surface area contributed by atoms with Crippen LogP contribution in [0.4, 0.5) is 0 Å². The number of amides is 1. The molecule has 0 bridgehead atoms. The van der Waals surface area contributed by atoms with E-state index in [0.717, 1.165) is 0 Å². The number of nitrogens with zero attached hydrogens (tertiary/aromatic N) is 2. The molecule has 0 aliphatic heterocycles. The molecule has 3 aromatic rings. The topological polar surface area (TPSA) is 104 Å². The van der Waals surface area contributed by atoms with Crippen LogP contribution in [0, 0.1) is 0 Å². The lowest BCUT2D eigenvalue weighted by atomic mass is 10.2. The summed E-state index contributed by atoms with van der Waals surface area (Å²) in [4.78, 5) is 28.3. The largest absolute Gasteiger partial charge is 0.493 e. The summed E-state index contributed by atoms with van der Waals surface area (Å²) in [5.41, 5.74) is 1.02. The van der Waals surface area contributed by atoms with E-state index in [1.807, 2.05) is 6.92 Å². The number of aromatic nitrogens is 2. The van der Waals surface area contributed by atoms with E-state index in [9.17, 15) is 9.59 Å². The van der Waals surface area contributed by atoms with Crippen molar-refractivity contribution in [2.45, 2.75) is 13.5 Å². The van der Waals surface area contributed by atoms with Crippen LogP contribution in [0.2, 0.25) is 5.02 Å². The maximum absolute atomic E-state index is 12.3. The summed E-state index contributed by atoms with van der Waals surface area (Å²) in [6, 6.07) is 13.7. The number of ether oxygens (including phenoxy) is 2. The molecule has 29 heavy (non-hydrogen) atoms. The second kappa shape index (κ2) is 9.70. The molecule has 1 amide bonds. The molecule has 2 aromatic carbocycles. The fourth-order valence-electron chi connectivity index (χ4n) is 2.43. The van der Waals surface area contributed by atoms with Gasteiger partial charge in [0.1, 0.15) is 12.3 Å². The Morgan fingerprint density at radius 1 is 1.17 bits per heavy atom. The van der Waals surface area contributed by atoms with Gasteiger partial charge in [-0.05, 0) is 31.2 Å². The number of hydrogen-bond donors (Lipinski definition) is 1. The van der Waals surface area contributed by atoms with Gasteiger partial charge < -0.3 is 19.3 Å². The van der Waals surface area contributed by atoms with Crippen molar-refractivity contribution in [3.63, 3.8) is 0 Å². The van der Waals surface area contributed by atoms with Crippen molar-refractivity contribution in [3.05, 3.63) is 65.0 Å². The lowest BCUT2D eigenvalue weighted by molar-refractivity contribution is -0.144. The van der Waals surface area contributed by atoms with Gasteiger partial charge in [-0.25, -0.2) is 0 Å². The van der Waals surface area contributed by atoms with Gasteiger partial charge in [-0.15, -0.1) is 0 Å². The monoisotopic (exact) mass is 415 g/mol. The van der Waals surface area contributed by atoms with Crippen LogP contribution in [0.5, 0.6) is 5.75 Å². The number of para-hydroxylation sites is 1. The Bertz CT molecular complexity index is 1010. The van der Waals surface area contributed by atoms with Crippen LogP contribution < -0.4 is 10.1 Å². The van der Waals surface area contributed by atoms with Gasteiger partial charge in [-0.3, -0.25) is 9.59 Å². The molecule has 1 N–H and O–H groups in total. The van der Waals surface area contributed by atoms with E-state index in [-0.39, 0.29) is 19.0 Å². The predicted octanol–water partition coefficient (Wildman–Crippen LogP) is 3.26. The first-order chi connectivity index (χ1) is 14.1. The number of carbonyl (C=O) groups is 2. The molecule has 0 unspecified atom stereocenters. The average Bonchev–Trinajstić information content (AvgIpc) is 3.20. The van der Waals surface area contributed by atoms with Crippen LogP contribution in [-0.2, 0) is 16.1 Å². The van der Waals surface area contributed by atoms with Gasteiger partial charge in [-0.1, -0.05) is 41.0 Å². The van der Waals surface area contributed by atoms with Crippen LogP contribution in [0.3, 0.4) is 0 Å². The number of esters is 1. The summed E-state index contributed by atoms with van der Waals surface area (Å²) in [7, 11) is 0. The zero-order valence-corrected chi connectivity index (χ0v) is 16.3. The molecular weight excluding hydrogens is 398 g/mol. The number of hydrogen-bond acceptors (Lipinski definition) is 7. The number of benzene rings is 2. The number of carbonyl (C=O) groups excluding carboxylic acids is 2. The Morgan fingerprint density at radius 2 is 2.00 bits per heavy atom. The molecule has 3 rings (SSSR count). The Kier molecular flexibility index (Phi) is 6.80. The minimum atomic E-state index is -0.644. The van der Waals surface area contributed by atoms with Gasteiger partial charge in [0.25, 0.3) is 11.8 Å². The minimum absolute atomic E-state index is 0.126. The van der Waals surface area contributed by atoms with Crippen LogP contribution in [0.25, 0.3) is 11.4 Å². The highest BCUT2D eigenvalue weighted by Crippen LogP contribution is 2.20. The SMILES string of the molecule is CCOc1ccccc1C(=O)NCC(=O)OCc1nc(-c2cccc(Cl)c2)no1. The summed E-state index contributed by atoms with van der Waals surface area (Å²) >= 11 is 5.94. The fourth-order valence-corrected chi connectivity index (χ4v) is 2.63. The van der Waals surface area contributed by atoms with Crippen molar-refractivity contribution in [1.82, 2.24) is 15.5 Å². The first-order valence-corrected chi connectivity index (χ1v) is 9.18. The molecule has 0 radical (unpaired) electrons. The molecule has 1 aromatic heterocycles. The van der Waals surface area contributed by atoms with E-state index in [4.69, 9.17) is 25.6 Å². The third kappa shape index (κ3) is 5.55. The standard InChI is InChI=1S/C20H18ClN3O5/c1-2-27-16-9-4-3-8-15(16)20(26)22-11-18(25)28-12-17-23-19(24-29-17)13-6-5-7-14(21)10-13/h3-10H,2,11-12H2,1H3,(H,22,26). The molecular formula is C20H18ClN3O5. The molecule has 150 valence electrons. The Balaban J connectivity index is 1.50. The molecule has 0 saturated carbocycles. The summed E-state index contributed by atoms with van der Waals surface area (Å²) in [6.07, 6.45) is 0. The summed E-state index contributed by atoms with van der Waals surface area (Å²) in [6.45, 7) is 1.72. The molecule has 0 fully saturated rings. The third-order valence-electron chi connectivity index (χ3n) is 3.73. The lowest BCUT2D eigenvalue weighted by Gasteiger charge is -2.10. The van der Waals surface area contributed by atoms with E-state index in [1.165, 1.54) is 0 Å². The molecule has 0 spiro atoms. The minimum Gasteiger partial charge on any atom is -0.493 e. The highest BCUT2D eigenvalue weighted by Gasteiger charge is 2.15. The van der Waals surface area contributed by atoms with E-state index in [0.29, 0.717) is 34.3 Å². The van der Waals surface area contributed by atoms with Gasteiger partial charge in [-0.2, -0.15) is 4.98 Å². The summed E-state index contributed by atoms with van der Waals surface area (Å²) < 4.78 is 15.5. The van der Waals surface area contributed by atoms with Crippen molar-refractivity contribution in [2.24, 2.45) is 0 Å². The lowest BCUT2D eigenvalue weighted by Crippen LogP contribution is -2.30. The molecule has 0 aliphatic rings. The van der Waals surface area contributed by atoms with E-state index in [1.54, 1.807) is 48.5 Å². The van der Waals surface area contributed by atoms with Crippen molar-refractivity contribution in [1.29, 1.82) is 0 Å². The molecule has 9 heteroatoms. The quantitative estimate of drug-likeness (QED) is 0.563. The first-order valence-electron chi connectivity index (χ1n) is 8.81. The molecule has 0 aliphatic carbocycles. The van der Waals surface area contributed by atoms with E-state index in [2.05, 4.69) is 15.5 Å². The highest BCUT2D eigenvalue weighted by atomic mass is 35.5. The fraction of sp³-hybridized carbons (Fsp3) is 0.200. The maximum Gasteiger partial charge on any atom is 0.325 e. The normalized spacial score (nSPS) is 10.4. The zero-order valence-electron chi connectivity index (χ0n) is 15.6. The van der Waals surface area contributed by atoms with Crippen LogP contribution in [0.1, 0.15) is 23.2 Å². The molecule has 1 heterocycles. The average molecular weight is 416 g/mol. The van der Waals surface area contributed by atoms with Crippen molar-refractivity contribution in [2.75, 3.05) is 13.2 Å². The molecule has 0 saturated heterocycles. The smallest absolute Gasteiger partial charge is 0.325 e. The number of rotatable bonds is 8. The first kappa shape index (κ1) is 20.3. The Hall–Kier alpha value is -3.39. The van der Waals surface area contributed by atoms with Crippen molar-refractivity contribution < 1.29 is 23.6 Å². The second-order valence-electron chi connectivity index (χ2n) is 5.79. The maximum atomic E-state index is 12.3. The van der Waals surface area contributed by atoms with Crippen LogP contribution >= 0.6 is 11.6 Å². The second-order valence-corrected chi connectivity index (χ2v) is 6.23. The number of nitrogens with one attached hydrogen (secondary N) is 1. The highest BCUT2D eigenvalue weighted by molar-refractivity contribution is 6.30. The zero-order chi connectivity index (χ0) is 20.6. The van der Waals surface area contributed by atoms with E-state index >= 15 is 0 Å². The van der Waals surface area contributed by atoms with Gasteiger partial charge in [0.05, 0.1) is 12.2 Å².